The predicted molar refractivity (Wildman–Crippen MR) is 105 cm³/mol. The lowest BCUT2D eigenvalue weighted by atomic mass is 10.0. The molecule has 1 aliphatic carbocycles. The molecule has 0 unspecified atom stereocenters. The van der Waals surface area contributed by atoms with Crippen molar-refractivity contribution < 1.29 is 0 Å². The van der Waals surface area contributed by atoms with Crippen molar-refractivity contribution in [3.8, 4) is 5.82 Å². The van der Waals surface area contributed by atoms with E-state index < -0.39 is 0 Å². The highest BCUT2D eigenvalue weighted by Crippen LogP contribution is 2.28. The first-order chi connectivity index (χ1) is 12.8. The quantitative estimate of drug-likeness (QED) is 0.455. The normalized spacial score (nSPS) is 15.4. The summed E-state index contributed by atoms with van der Waals surface area (Å²) in [4.78, 5) is 13.1. The van der Waals surface area contributed by atoms with Crippen molar-refractivity contribution in [2.45, 2.75) is 52.0 Å². The molecule has 0 bridgehead atoms. The minimum Gasteiger partial charge on any atom is -0.356 e. The van der Waals surface area contributed by atoms with Crippen LogP contribution in [-0.4, -0.2) is 34.1 Å². The summed E-state index contributed by atoms with van der Waals surface area (Å²) in [5.74, 6) is 3.63. The van der Waals surface area contributed by atoms with E-state index in [0.717, 1.165) is 35.6 Å². The van der Waals surface area contributed by atoms with Gasteiger partial charge in [-0.2, -0.15) is 0 Å². The van der Waals surface area contributed by atoms with Crippen LogP contribution in [0.3, 0.4) is 0 Å². The van der Waals surface area contributed by atoms with Crippen molar-refractivity contribution in [1.82, 2.24) is 25.2 Å². The van der Waals surface area contributed by atoms with Gasteiger partial charge in [0, 0.05) is 38.7 Å². The second-order valence-electron chi connectivity index (χ2n) is 7.01. The van der Waals surface area contributed by atoms with Crippen LogP contribution in [0.1, 0.15) is 49.9 Å². The van der Waals surface area contributed by atoms with Gasteiger partial charge in [-0.3, -0.25) is 9.56 Å². The van der Waals surface area contributed by atoms with Crippen LogP contribution < -0.4 is 10.6 Å². The van der Waals surface area contributed by atoms with Crippen LogP contribution in [-0.2, 0) is 6.54 Å². The Hall–Kier alpha value is -2.37. The van der Waals surface area contributed by atoms with Crippen molar-refractivity contribution in [1.29, 1.82) is 0 Å². The van der Waals surface area contributed by atoms with Gasteiger partial charge in [-0.05, 0) is 37.3 Å². The third kappa shape index (κ3) is 5.07. The van der Waals surface area contributed by atoms with Gasteiger partial charge >= 0.3 is 0 Å². The van der Waals surface area contributed by atoms with Crippen molar-refractivity contribution in [3.63, 3.8) is 0 Å². The monoisotopic (exact) mass is 354 g/mol. The summed E-state index contributed by atoms with van der Waals surface area (Å²) in [6.07, 6.45) is 13.9. The van der Waals surface area contributed by atoms with E-state index in [9.17, 15) is 0 Å². The van der Waals surface area contributed by atoms with Crippen molar-refractivity contribution >= 4 is 5.96 Å². The number of hydrogen-bond acceptors (Lipinski definition) is 3. The molecular formula is C20H30N6. The molecule has 6 heteroatoms. The predicted octanol–water partition coefficient (Wildman–Crippen LogP) is 3.21. The smallest absolute Gasteiger partial charge is 0.191 e. The first kappa shape index (κ1) is 18.4. The highest BCUT2D eigenvalue weighted by atomic mass is 15.2. The number of guanidine groups is 1. The van der Waals surface area contributed by atoms with Gasteiger partial charge in [0.25, 0.3) is 0 Å². The average Bonchev–Trinajstić information content (AvgIpc) is 3.33. The SMILES string of the molecule is CN=C(NCCCC1CCCC1)NCc1ccc(-n2ccnc2C)nc1. The summed E-state index contributed by atoms with van der Waals surface area (Å²) >= 11 is 0. The van der Waals surface area contributed by atoms with Crippen molar-refractivity contribution in [2.75, 3.05) is 13.6 Å². The molecule has 2 N–H and O–H groups in total. The van der Waals surface area contributed by atoms with E-state index >= 15 is 0 Å². The molecule has 0 spiro atoms. The van der Waals surface area contributed by atoms with E-state index in [1.807, 2.05) is 37.0 Å². The first-order valence-corrected chi connectivity index (χ1v) is 9.66. The second kappa shape index (κ2) is 9.36. The maximum Gasteiger partial charge on any atom is 0.191 e. The van der Waals surface area contributed by atoms with Crippen LogP contribution in [0.2, 0.25) is 0 Å². The average molecular weight is 355 g/mol. The van der Waals surface area contributed by atoms with Gasteiger partial charge in [-0.1, -0.05) is 31.7 Å². The molecule has 26 heavy (non-hydrogen) atoms. The number of pyridine rings is 1. The Morgan fingerprint density at radius 2 is 2.08 bits per heavy atom. The molecule has 140 valence electrons. The van der Waals surface area contributed by atoms with Crippen LogP contribution in [0.25, 0.3) is 5.82 Å². The third-order valence-electron chi connectivity index (χ3n) is 5.12. The molecule has 0 amide bonds. The summed E-state index contributed by atoms with van der Waals surface area (Å²) in [6.45, 7) is 3.66. The van der Waals surface area contributed by atoms with Crippen molar-refractivity contribution in [2.24, 2.45) is 10.9 Å². The number of rotatable bonds is 7. The molecule has 1 aliphatic rings. The highest BCUT2D eigenvalue weighted by Gasteiger charge is 2.14. The van der Waals surface area contributed by atoms with Gasteiger partial charge in [0.05, 0.1) is 0 Å². The van der Waals surface area contributed by atoms with Crippen LogP contribution in [0.5, 0.6) is 0 Å². The summed E-state index contributed by atoms with van der Waals surface area (Å²) in [6, 6.07) is 4.10. The molecule has 0 radical (unpaired) electrons. The number of aryl methyl sites for hydroxylation is 1. The van der Waals surface area contributed by atoms with Gasteiger partial charge in [0.1, 0.15) is 11.6 Å². The maximum absolute atomic E-state index is 4.53. The Kier molecular flexibility index (Phi) is 6.63. The first-order valence-electron chi connectivity index (χ1n) is 9.66. The maximum atomic E-state index is 4.53. The molecule has 0 aliphatic heterocycles. The number of aliphatic imine (C=N–C) groups is 1. The molecule has 2 heterocycles. The molecular weight excluding hydrogens is 324 g/mol. The summed E-state index contributed by atoms with van der Waals surface area (Å²) in [7, 11) is 1.81. The zero-order valence-corrected chi connectivity index (χ0v) is 15.9. The van der Waals surface area contributed by atoms with E-state index in [1.54, 1.807) is 6.20 Å². The minimum absolute atomic E-state index is 0.707. The lowest BCUT2D eigenvalue weighted by molar-refractivity contribution is 0.481. The zero-order chi connectivity index (χ0) is 18.2. The molecule has 1 fully saturated rings. The van der Waals surface area contributed by atoms with Gasteiger partial charge in [0.15, 0.2) is 5.96 Å². The van der Waals surface area contributed by atoms with Crippen LogP contribution in [0.4, 0.5) is 0 Å². The minimum atomic E-state index is 0.707. The fourth-order valence-corrected chi connectivity index (χ4v) is 3.59. The Morgan fingerprint density at radius 1 is 1.23 bits per heavy atom. The van der Waals surface area contributed by atoms with Crippen molar-refractivity contribution in [3.05, 3.63) is 42.1 Å². The number of nitrogens with zero attached hydrogens (tertiary/aromatic N) is 4. The van der Waals surface area contributed by atoms with E-state index in [2.05, 4.69) is 31.7 Å². The topological polar surface area (TPSA) is 67.1 Å². The molecule has 2 aromatic rings. The van der Waals surface area contributed by atoms with Gasteiger partial charge in [-0.25, -0.2) is 9.97 Å². The highest BCUT2D eigenvalue weighted by molar-refractivity contribution is 5.79. The summed E-state index contributed by atoms with van der Waals surface area (Å²) < 4.78 is 1.97. The fraction of sp³-hybridized carbons (Fsp3) is 0.550. The lowest BCUT2D eigenvalue weighted by Crippen LogP contribution is -2.37. The fourth-order valence-electron chi connectivity index (χ4n) is 3.59. The van der Waals surface area contributed by atoms with Crippen LogP contribution in [0, 0.1) is 12.8 Å². The Bertz CT molecular complexity index is 697. The zero-order valence-electron chi connectivity index (χ0n) is 15.9. The molecule has 2 aromatic heterocycles. The summed E-state index contributed by atoms with van der Waals surface area (Å²) in [5, 5.41) is 6.77. The number of aromatic nitrogens is 3. The molecule has 6 nitrogen and oxygen atoms in total. The van der Waals surface area contributed by atoms with Gasteiger partial charge < -0.3 is 10.6 Å². The largest absolute Gasteiger partial charge is 0.356 e. The molecule has 0 atom stereocenters. The third-order valence-corrected chi connectivity index (χ3v) is 5.12. The molecule has 0 saturated heterocycles. The van der Waals surface area contributed by atoms with E-state index in [4.69, 9.17) is 0 Å². The van der Waals surface area contributed by atoms with Crippen LogP contribution >= 0.6 is 0 Å². The summed E-state index contributed by atoms with van der Waals surface area (Å²) in [5.41, 5.74) is 1.13. The molecule has 1 saturated carbocycles. The van der Waals surface area contributed by atoms with E-state index in [-0.39, 0.29) is 0 Å². The second-order valence-corrected chi connectivity index (χ2v) is 7.01. The molecule has 0 aromatic carbocycles. The van der Waals surface area contributed by atoms with Gasteiger partial charge in [-0.15, -0.1) is 0 Å². The van der Waals surface area contributed by atoms with E-state index in [1.165, 1.54) is 38.5 Å². The number of hydrogen-bond donors (Lipinski definition) is 2. The standard InChI is InChI=1S/C20H30N6/c1-16-22-12-13-26(16)19-10-9-18(14-24-19)15-25-20(21-2)23-11-5-8-17-6-3-4-7-17/h9-10,12-14,17H,3-8,11,15H2,1-2H3,(H2,21,23,25). The number of nitrogens with one attached hydrogen (secondary N) is 2. The lowest BCUT2D eigenvalue weighted by Gasteiger charge is -2.13. The van der Waals surface area contributed by atoms with Gasteiger partial charge in [0.2, 0.25) is 0 Å². The Morgan fingerprint density at radius 3 is 2.73 bits per heavy atom. The Labute approximate surface area is 156 Å². The molecule has 3 rings (SSSR count). The van der Waals surface area contributed by atoms with Crippen LogP contribution in [0.15, 0.2) is 35.7 Å². The van der Waals surface area contributed by atoms with E-state index in [0.29, 0.717) is 6.54 Å². The number of imidazole rings is 1. The Balaban J connectivity index is 1.41.